The summed E-state index contributed by atoms with van der Waals surface area (Å²) in [5.41, 5.74) is 1.06. The third-order valence-electron chi connectivity index (χ3n) is 5.07. The summed E-state index contributed by atoms with van der Waals surface area (Å²) in [6.07, 6.45) is 3.63. The molecule has 8 heteroatoms. The van der Waals surface area contributed by atoms with E-state index in [2.05, 4.69) is 25.5 Å². The lowest BCUT2D eigenvalue weighted by Gasteiger charge is -2.28. The van der Waals surface area contributed by atoms with Gasteiger partial charge in [-0.25, -0.2) is 4.98 Å². The van der Waals surface area contributed by atoms with E-state index in [1.54, 1.807) is 24.3 Å². The van der Waals surface area contributed by atoms with Crippen LogP contribution in [0.15, 0.2) is 45.6 Å². The Bertz CT molecular complexity index is 1110. The first-order valence-electron chi connectivity index (χ1n) is 10.3. The zero-order chi connectivity index (χ0) is 20.9. The minimum absolute atomic E-state index is 0.00195. The fourth-order valence-electron chi connectivity index (χ4n) is 3.57. The maximum Gasteiger partial charge on any atom is 0.287 e. The van der Waals surface area contributed by atoms with Crippen LogP contribution in [0.1, 0.15) is 35.5 Å². The fraction of sp³-hybridized carbons (Fsp3) is 0.364. The van der Waals surface area contributed by atoms with Crippen LogP contribution in [0, 0.1) is 6.92 Å². The van der Waals surface area contributed by atoms with Crippen molar-refractivity contribution in [2.45, 2.75) is 26.2 Å². The van der Waals surface area contributed by atoms with Crippen molar-refractivity contribution in [2.24, 2.45) is 0 Å². The van der Waals surface area contributed by atoms with E-state index in [0.717, 1.165) is 24.6 Å². The first kappa shape index (κ1) is 19.9. The summed E-state index contributed by atoms with van der Waals surface area (Å²) >= 11 is 0. The maximum atomic E-state index is 12.4. The third-order valence-corrected chi connectivity index (χ3v) is 5.07. The van der Waals surface area contributed by atoms with E-state index in [0.29, 0.717) is 30.0 Å². The highest BCUT2D eigenvalue weighted by Gasteiger charge is 2.14. The van der Waals surface area contributed by atoms with Gasteiger partial charge in [-0.15, -0.1) is 0 Å². The van der Waals surface area contributed by atoms with Gasteiger partial charge >= 0.3 is 0 Å². The third kappa shape index (κ3) is 4.59. The van der Waals surface area contributed by atoms with Gasteiger partial charge < -0.3 is 20.0 Å². The average molecular weight is 407 g/mol. The van der Waals surface area contributed by atoms with Gasteiger partial charge in [0.25, 0.3) is 5.91 Å². The van der Waals surface area contributed by atoms with Crippen molar-refractivity contribution in [3.05, 3.63) is 58.1 Å². The molecule has 30 heavy (non-hydrogen) atoms. The quantitative estimate of drug-likeness (QED) is 0.606. The number of nitrogens with zero attached hydrogens (tertiary/aromatic N) is 3. The largest absolute Gasteiger partial charge is 0.451 e. The number of hydrogen-bond donors (Lipinski definition) is 2. The van der Waals surface area contributed by atoms with Crippen molar-refractivity contribution >= 4 is 28.6 Å². The van der Waals surface area contributed by atoms with Crippen LogP contribution in [0.25, 0.3) is 11.0 Å². The van der Waals surface area contributed by atoms with Crippen molar-refractivity contribution in [3.63, 3.8) is 0 Å². The first-order chi connectivity index (χ1) is 14.6. The van der Waals surface area contributed by atoms with Gasteiger partial charge in [-0.3, -0.25) is 9.59 Å². The van der Waals surface area contributed by atoms with Crippen molar-refractivity contribution in [1.29, 1.82) is 0 Å². The van der Waals surface area contributed by atoms with E-state index in [-0.39, 0.29) is 11.2 Å². The number of benzene rings is 1. The molecule has 0 bridgehead atoms. The zero-order valence-corrected chi connectivity index (χ0v) is 17.0. The number of rotatable bonds is 6. The molecule has 1 aliphatic rings. The summed E-state index contributed by atoms with van der Waals surface area (Å²) in [5, 5.41) is 6.37. The SMILES string of the molecule is Cc1cc(N2CCCCC2)nc(NCCNC(=O)c2cc(=O)c3ccccc3o2)n1. The van der Waals surface area contributed by atoms with Gasteiger partial charge in [0.05, 0.1) is 5.39 Å². The molecule has 1 saturated heterocycles. The molecule has 0 radical (unpaired) electrons. The number of aromatic nitrogens is 2. The standard InChI is InChI=1S/C22H25N5O3/c1-15-13-20(27-11-5-2-6-12-27)26-22(25-15)24-10-9-23-21(29)19-14-17(28)16-7-3-4-8-18(16)30-19/h3-4,7-8,13-14H,2,5-6,9-12H2,1H3,(H,23,29)(H,24,25,26). The summed E-state index contributed by atoms with van der Waals surface area (Å²) in [7, 11) is 0. The van der Waals surface area contributed by atoms with Crippen molar-refractivity contribution in [1.82, 2.24) is 15.3 Å². The number of hydrogen-bond acceptors (Lipinski definition) is 7. The van der Waals surface area contributed by atoms with Crippen LogP contribution in [0.5, 0.6) is 0 Å². The molecule has 3 heterocycles. The van der Waals surface area contributed by atoms with Crippen LogP contribution in [0.2, 0.25) is 0 Å². The molecule has 1 aromatic carbocycles. The number of carbonyl (C=O) groups excluding carboxylic acids is 1. The van der Waals surface area contributed by atoms with Gasteiger partial charge in [0.15, 0.2) is 11.2 Å². The summed E-state index contributed by atoms with van der Waals surface area (Å²) in [5.74, 6) is 1.05. The summed E-state index contributed by atoms with van der Waals surface area (Å²) in [6, 6.07) is 10.1. The number of anilines is 2. The average Bonchev–Trinajstić information content (AvgIpc) is 2.77. The van der Waals surface area contributed by atoms with Crippen LogP contribution >= 0.6 is 0 Å². The fourth-order valence-corrected chi connectivity index (χ4v) is 3.57. The van der Waals surface area contributed by atoms with Crippen LogP contribution in [-0.2, 0) is 0 Å². The lowest BCUT2D eigenvalue weighted by Crippen LogP contribution is -2.31. The minimum Gasteiger partial charge on any atom is -0.451 e. The Labute approximate surface area is 174 Å². The Kier molecular flexibility index (Phi) is 5.92. The molecule has 8 nitrogen and oxygen atoms in total. The van der Waals surface area contributed by atoms with Gasteiger partial charge in [-0.1, -0.05) is 12.1 Å². The molecule has 0 aliphatic carbocycles. The van der Waals surface area contributed by atoms with Gasteiger partial charge in [0.2, 0.25) is 5.95 Å². The van der Waals surface area contributed by atoms with E-state index in [1.165, 1.54) is 25.3 Å². The zero-order valence-electron chi connectivity index (χ0n) is 17.0. The van der Waals surface area contributed by atoms with Crippen molar-refractivity contribution < 1.29 is 9.21 Å². The highest BCUT2D eigenvalue weighted by Crippen LogP contribution is 2.19. The molecule has 1 aliphatic heterocycles. The van der Waals surface area contributed by atoms with Crippen LogP contribution in [0.3, 0.4) is 0 Å². The van der Waals surface area contributed by atoms with E-state index < -0.39 is 5.91 Å². The molecule has 0 atom stereocenters. The van der Waals surface area contributed by atoms with Crippen LogP contribution in [-0.4, -0.2) is 42.1 Å². The first-order valence-corrected chi connectivity index (χ1v) is 10.3. The smallest absolute Gasteiger partial charge is 0.287 e. The van der Waals surface area contributed by atoms with Crippen molar-refractivity contribution in [3.8, 4) is 0 Å². The van der Waals surface area contributed by atoms with Crippen LogP contribution in [0.4, 0.5) is 11.8 Å². The molecular formula is C22H25N5O3. The van der Waals surface area contributed by atoms with Crippen LogP contribution < -0.4 is 21.0 Å². The molecule has 0 spiro atoms. The number of amides is 1. The molecule has 2 aromatic heterocycles. The van der Waals surface area contributed by atoms with E-state index in [9.17, 15) is 9.59 Å². The topological polar surface area (TPSA) is 100 Å². The predicted octanol–water partition coefficient (Wildman–Crippen LogP) is 2.72. The molecule has 4 rings (SSSR count). The molecule has 2 N–H and O–H groups in total. The number of nitrogens with one attached hydrogen (secondary N) is 2. The minimum atomic E-state index is -0.432. The highest BCUT2D eigenvalue weighted by molar-refractivity contribution is 5.93. The second kappa shape index (κ2) is 8.94. The van der Waals surface area contributed by atoms with Gasteiger partial charge in [0.1, 0.15) is 11.4 Å². The van der Waals surface area contributed by atoms with Gasteiger partial charge in [0, 0.05) is 44.0 Å². The summed E-state index contributed by atoms with van der Waals surface area (Å²) in [6.45, 7) is 4.77. The molecule has 1 amide bonds. The summed E-state index contributed by atoms with van der Waals surface area (Å²) < 4.78 is 5.56. The number of fused-ring (bicyclic) bond motifs is 1. The van der Waals surface area contributed by atoms with E-state index in [4.69, 9.17) is 4.42 Å². The number of aryl methyl sites for hydroxylation is 1. The molecule has 156 valence electrons. The van der Waals surface area contributed by atoms with E-state index >= 15 is 0 Å². The monoisotopic (exact) mass is 407 g/mol. The Morgan fingerprint density at radius 2 is 1.90 bits per heavy atom. The molecular weight excluding hydrogens is 382 g/mol. The van der Waals surface area contributed by atoms with Gasteiger partial charge in [-0.2, -0.15) is 4.98 Å². The number of piperidine rings is 1. The summed E-state index contributed by atoms with van der Waals surface area (Å²) in [4.78, 5) is 35.8. The Balaban J connectivity index is 1.34. The Hall–Kier alpha value is -3.42. The lowest BCUT2D eigenvalue weighted by molar-refractivity contribution is 0.0928. The van der Waals surface area contributed by atoms with Crippen molar-refractivity contribution in [2.75, 3.05) is 36.4 Å². The molecule has 0 unspecified atom stereocenters. The second-order valence-corrected chi connectivity index (χ2v) is 7.39. The lowest BCUT2D eigenvalue weighted by atomic mass is 10.1. The Morgan fingerprint density at radius 3 is 2.73 bits per heavy atom. The molecule has 1 fully saturated rings. The highest BCUT2D eigenvalue weighted by atomic mass is 16.3. The Morgan fingerprint density at radius 1 is 1.10 bits per heavy atom. The molecule has 0 saturated carbocycles. The second-order valence-electron chi connectivity index (χ2n) is 7.39. The predicted molar refractivity (Wildman–Crippen MR) is 116 cm³/mol. The van der Waals surface area contributed by atoms with Gasteiger partial charge in [-0.05, 0) is 38.3 Å². The number of carbonyl (C=O) groups is 1. The number of para-hydroxylation sites is 1. The van der Waals surface area contributed by atoms with E-state index in [1.807, 2.05) is 13.0 Å². The molecule has 3 aromatic rings. The normalized spacial score (nSPS) is 14.0. The maximum absolute atomic E-state index is 12.4.